The maximum Gasteiger partial charge on any atom is 0.323 e. The third kappa shape index (κ3) is 8.80. The first kappa shape index (κ1) is 26.8. The fraction of sp³-hybridized carbons (Fsp3) is 0.292. The van der Waals surface area contributed by atoms with E-state index in [-0.39, 0.29) is 18.9 Å². The van der Waals surface area contributed by atoms with E-state index < -0.39 is 42.8 Å². The second kappa shape index (κ2) is 13.3. The van der Waals surface area contributed by atoms with Crippen LogP contribution in [0.2, 0.25) is 0 Å². The van der Waals surface area contributed by atoms with Crippen molar-refractivity contribution in [1.29, 1.82) is 0 Å². The van der Waals surface area contributed by atoms with E-state index in [0.717, 1.165) is 4.90 Å². The van der Waals surface area contributed by atoms with Gasteiger partial charge in [0, 0.05) is 24.8 Å². The summed E-state index contributed by atoms with van der Waals surface area (Å²) < 4.78 is 0. The maximum absolute atomic E-state index is 13.6. The molecule has 186 valence electrons. The van der Waals surface area contributed by atoms with E-state index >= 15 is 0 Å². The highest BCUT2D eigenvalue weighted by Gasteiger charge is 2.30. The molecule has 2 aromatic rings. The number of hydrogen-bond donors (Lipinski definition) is 4. The number of carboxylic acid groups (broad SMARTS) is 1. The monoisotopic (exact) mass is 482 g/mol. The Morgan fingerprint density at radius 1 is 0.914 bits per heavy atom. The smallest absolute Gasteiger partial charge is 0.323 e. The Hall–Kier alpha value is -4.41. The van der Waals surface area contributed by atoms with Crippen LogP contribution in [0.5, 0.6) is 0 Å². The molecule has 2 aromatic carbocycles. The van der Waals surface area contributed by atoms with Gasteiger partial charge in [-0.05, 0) is 37.1 Å². The maximum atomic E-state index is 13.6. The van der Waals surface area contributed by atoms with Crippen molar-refractivity contribution in [2.75, 3.05) is 29.4 Å². The summed E-state index contributed by atoms with van der Waals surface area (Å²) in [6.45, 7) is 0.539. The number of amides is 3. The summed E-state index contributed by atoms with van der Waals surface area (Å²) in [5.74, 6) is -2.81. The lowest BCUT2D eigenvalue weighted by atomic mass is 10.1. The number of carbonyl (C=O) groups excluding carboxylic acids is 3. The molecule has 11 heteroatoms. The highest BCUT2D eigenvalue weighted by Crippen LogP contribution is 2.19. The minimum Gasteiger partial charge on any atom is -0.480 e. The first-order chi connectivity index (χ1) is 16.7. The molecule has 3 amide bonds. The van der Waals surface area contributed by atoms with Crippen molar-refractivity contribution in [3.8, 4) is 0 Å². The number of hydrogen-bond acceptors (Lipinski definition) is 5. The van der Waals surface area contributed by atoms with E-state index in [9.17, 15) is 24.3 Å². The molecule has 0 saturated carbocycles. The van der Waals surface area contributed by atoms with Crippen LogP contribution in [-0.2, 0) is 19.2 Å². The number of benzene rings is 2. The van der Waals surface area contributed by atoms with Crippen LogP contribution in [0.25, 0.3) is 0 Å². The van der Waals surface area contributed by atoms with Crippen LogP contribution in [0.3, 0.4) is 0 Å². The number of aliphatic carboxylic acids is 1. The van der Waals surface area contributed by atoms with Crippen molar-refractivity contribution >= 4 is 41.0 Å². The summed E-state index contributed by atoms with van der Waals surface area (Å²) in [5.41, 5.74) is 11.5. The van der Waals surface area contributed by atoms with Gasteiger partial charge in [-0.1, -0.05) is 36.4 Å². The van der Waals surface area contributed by atoms with Gasteiger partial charge in [0.25, 0.3) is 0 Å². The third-order valence-corrected chi connectivity index (χ3v) is 4.91. The first-order valence-corrected chi connectivity index (χ1v) is 10.9. The van der Waals surface area contributed by atoms with Gasteiger partial charge in [0.05, 0.1) is 0 Å². The zero-order valence-corrected chi connectivity index (χ0v) is 19.5. The molecule has 0 heterocycles. The van der Waals surface area contributed by atoms with Crippen LogP contribution in [0, 0.1) is 0 Å². The predicted octanol–water partition coefficient (Wildman–Crippen LogP) is 0.696. The Bertz CT molecular complexity index is 1040. The van der Waals surface area contributed by atoms with Crippen molar-refractivity contribution in [1.82, 2.24) is 5.32 Å². The molecular weight excluding hydrogens is 452 g/mol. The van der Waals surface area contributed by atoms with Crippen molar-refractivity contribution in [2.24, 2.45) is 16.5 Å². The molecule has 0 aromatic heterocycles. The Labute approximate surface area is 203 Å². The molecule has 0 aliphatic rings. The van der Waals surface area contributed by atoms with Gasteiger partial charge in [0.1, 0.15) is 19.1 Å². The molecule has 0 aliphatic carbocycles. The molecule has 0 aliphatic heterocycles. The fourth-order valence-electron chi connectivity index (χ4n) is 3.39. The van der Waals surface area contributed by atoms with E-state index in [2.05, 4.69) is 10.3 Å². The lowest BCUT2D eigenvalue weighted by Crippen LogP contribution is -2.52. The molecular formula is C24H30N6O5. The van der Waals surface area contributed by atoms with Crippen molar-refractivity contribution in [3.63, 3.8) is 0 Å². The zero-order chi connectivity index (χ0) is 25.8. The van der Waals surface area contributed by atoms with E-state index in [4.69, 9.17) is 11.5 Å². The van der Waals surface area contributed by atoms with Crippen LogP contribution < -0.4 is 26.6 Å². The number of nitrogens with two attached hydrogens (primary N) is 2. The van der Waals surface area contributed by atoms with E-state index in [1.165, 1.54) is 11.8 Å². The zero-order valence-electron chi connectivity index (χ0n) is 19.5. The second-order valence-electron chi connectivity index (χ2n) is 7.67. The Morgan fingerprint density at radius 3 is 1.94 bits per heavy atom. The van der Waals surface area contributed by atoms with Crippen LogP contribution in [0.15, 0.2) is 65.7 Å². The van der Waals surface area contributed by atoms with Crippen LogP contribution in [0.4, 0.5) is 11.4 Å². The first-order valence-electron chi connectivity index (χ1n) is 10.9. The van der Waals surface area contributed by atoms with Gasteiger partial charge < -0.3 is 26.8 Å². The van der Waals surface area contributed by atoms with Gasteiger partial charge in [-0.3, -0.25) is 29.1 Å². The molecule has 0 unspecified atom stereocenters. The molecule has 11 nitrogen and oxygen atoms in total. The van der Waals surface area contributed by atoms with Gasteiger partial charge in [-0.25, -0.2) is 0 Å². The highest BCUT2D eigenvalue weighted by molar-refractivity contribution is 6.07. The van der Waals surface area contributed by atoms with Crippen LogP contribution >= 0.6 is 0 Å². The lowest BCUT2D eigenvalue weighted by molar-refractivity contribution is -0.136. The van der Waals surface area contributed by atoms with E-state index in [1.807, 2.05) is 0 Å². The largest absolute Gasteiger partial charge is 0.480 e. The molecule has 2 rings (SSSR count). The molecule has 35 heavy (non-hydrogen) atoms. The standard InChI is InChI=1S/C24H30N6O5/c1-17(31)28-20(13-8-14-27-24(25)26)23(35)30(19-11-6-3-7-12-19)15-21(32)29(16-22(33)34)18-9-4-2-5-10-18/h2-7,9-12,20H,8,13-16H2,1H3,(H,28,31)(H,33,34)(H4,25,26,27)/t20-/m0/s1. The van der Waals surface area contributed by atoms with Crippen molar-refractivity contribution in [2.45, 2.75) is 25.8 Å². The molecule has 0 bridgehead atoms. The van der Waals surface area contributed by atoms with Gasteiger partial charge in [0.2, 0.25) is 17.7 Å². The lowest BCUT2D eigenvalue weighted by Gasteiger charge is -2.30. The molecule has 6 N–H and O–H groups in total. The fourth-order valence-corrected chi connectivity index (χ4v) is 3.39. The number of nitrogens with zero attached hydrogens (tertiary/aromatic N) is 3. The number of aliphatic imine (C=N–C) groups is 1. The van der Waals surface area contributed by atoms with Crippen LogP contribution in [0.1, 0.15) is 19.8 Å². The van der Waals surface area contributed by atoms with E-state index in [1.54, 1.807) is 60.7 Å². The molecule has 0 fully saturated rings. The van der Waals surface area contributed by atoms with Crippen molar-refractivity contribution < 1.29 is 24.3 Å². The average Bonchev–Trinajstić information content (AvgIpc) is 2.83. The quantitative estimate of drug-likeness (QED) is 0.196. The summed E-state index contributed by atoms with van der Waals surface area (Å²) in [6, 6.07) is 15.9. The van der Waals surface area contributed by atoms with Crippen molar-refractivity contribution in [3.05, 3.63) is 60.7 Å². The topological polar surface area (TPSA) is 171 Å². The predicted molar refractivity (Wildman–Crippen MR) is 133 cm³/mol. The van der Waals surface area contributed by atoms with Gasteiger partial charge in [-0.15, -0.1) is 0 Å². The Morgan fingerprint density at radius 2 is 1.46 bits per heavy atom. The van der Waals surface area contributed by atoms with E-state index in [0.29, 0.717) is 17.8 Å². The number of carbonyl (C=O) groups is 4. The molecule has 1 atom stereocenters. The second-order valence-corrected chi connectivity index (χ2v) is 7.67. The molecule has 0 saturated heterocycles. The highest BCUT2D eigenvalue weighted by atomic mass is 16.4. The Balaban J connectivity index is 2.34. The van der Waals surface area contributed by atoms with Crippen LogP contribution in [-0.4, -0.2) is 60.4 Å². The molecule has 0 spiro atoms. The normalized spacial score (nSPS) is 11.1. The number of nitrogens with one attached hydrogen (secondary N) is 1. The van der Waals surface area contributed by atoms with Gasteiger partial charge >= 0.3 is 5.97 Å². The number of anilines is 2. The number of carboxylic acids is 1. The summed E-state index contributed by atoms with van der Waals surface area (Å²) in [6.07, 6.45) is 0.630. The summed E-state index contributed by atoms with van der Waals surface area (Å²) >= 11 is 0. The SMILES string of the molecule is CC(=O)N[C@@H](CCCN=C(N)N)C(=O)N(CC(=O)N(CC(=O)O)c1ccccc1)c1ccccc1. The minimum absolute atomic E-state index is 0.0802. The van der Waals surface area contributed by atoms with Gasteiger partial charge in [-0.2, -0.15) is 0 Å². The summed E-state index contributed by atoms with van der Waals surface area (Å²) in [5, 5.41) is 12.0. The van der Waals surface area contributed by atoms with Gasteiger partial charge in [0.15, 0.2) is 5.96 Å². The molecule has 0 radical (unpaired) electrons. The summed E-state index contributed by atoms with van der Waals surface area (Å²) in [7, 11) is 0. The Kier molecular flexibility index (Phi) is 10.2. The average molecular weight is 483 g/mol. The number of para-hydroxylation sites is 2. The third-order valence-electron chi connectivity index (χ3n) is 4.91. The minimum atomic E-state index is -1.20. The number of rotatable bonds is 12. The summed E-state index contributed by atoms with van der Waals surface area (Å²) in [4.78, 5) is 56.3. The number of guanidine groups is 1.